The predicted octanol–water partition coefficient (Wildman–Crippen LogP) is 3.33. The van der Waals surface area contributed by atoms with Crippen molar-refractivity contribution in [3.63, 3.8) is 0 Å². The zero-order valence-electron chi connectivity index (χ0n) is 18.1. The van der Waals surface area contributed by atoms with Crippen molar-refractivity contribution < 1.29 is 9.53 Å². The second kappa shape index (κ2) is 9.43. The molecule has 0 spiro atoms. The first-order valence-corrected chi connectivity index (χ1v) is 11.3. The van der Waals surface area contributed by atoms with Crippen molar-refractivity contribution in [2.24, 2.45) is 0 Å². The highest BCUT2D eigenvalue weighted by Crippen LogP contribution is 2.28. The summed E-state index contributed by atoms with van der Waals surface area (Å²) in [6, 6.07) is 14.3. The first kappa shape index (κ1) is 21.2. The smallest absolute Gasteiger partial charge is 0.233 e. The molecule has 1 aliphatic heterocycles. The minimum atomic E-state index is 0.124. The molecule has 8 heteroatoms. The lowest BCUT2D eigenvalue weighted by Crippen LogP contribution is -2.49. The molecule has 0 N–H and O–H groups in total. The maximum absolute atomic E-state index is 12.8. The Hall–Kier alpha value is -3.00. The summed E-state index contributed by atoms with van der Waals surface area (Å²) in [6.45, 7) is 7.14. The minimum absolute atomic E-state index is 0.124. The summed E-state index contributed by atoms with van der Waals surface area (Å²) in [6.07, 6.45) is 1.70. The molecule has 0 unspecified atom stereocenters. The van der Waals surface area contributed by atoms with E-state index in [9.17, 15) is 4.79 Å². The Morgan fingerprint density at radius 1 is 1.06 bits per heavy atom. The maximum Gasteiger partial charge on any atom is 0.233 e. The van der Waals surface area contributed by atoms with E-state index < -0.39 is 0 Å². The summed E-state index contributed by atoms with van der Waals surface area (Å²) in [7, 11) is 1.69. The average Bonchev–Trinajstić information content (AvgIpc) is 3.28. The summed E-state index contributed by atoms with van der Waals surface area (Å²) < 4.78 is 7.41. The topological polar surface area (TPSA) is 63.5 Å². The Bertz CT molecular complexity index is 1060. The SMILES string of the molecule is COc1ccccc1N1CCN(C(=O)CSc2nncn2-c2ccc(C)c(C)c2)CC1. The van der Waals surface area contributed by atoms with Crippen LogP contribution in [0.5, 0.6) is 5.75 Å². The fourth-order valence-corrected chi connectivity index (χ4v) is 4.51. The first-order valence-electron chi connectivity index (χ1n) is 10.3. The number of ether oxygens (including phenoxy) is 1. The van der Waals surface area contributed by atoms with Gasteiger partial charge in [0.25, 0.3) is 0 Å². The number of amides is 1. The van der Waals surface area contributed by atoms with Crippen molar-refractivity contribution in [1.29, 1.82) is 0 Å². The van der Waals surface area contributed by atoms with Gasteiger partial charge in [-0.15, -0.1) is 10.2 Å². The van der Waals surface area contributed by atoms with Crippen LogP contribution >= 0.6 is 11.8 Å². The van der Waals surface area contributed by atoms with Crippen LogP contribution in [-0.2, 0) is 4.79 Å². The van der Waals surface area contributed by atoms with Gasteiger partial charge in [0.1, 0.15) is 12.1 Å². The van der Waals surface area contributed by atoms with E-state index in [4.69, 9.17) is 4.74 Å². The van der Waals surface area contributed by atoms with Gasteiger partial charge in [0.2, 0.25) is 5.91 Å². The van der Waals surface area contributed by atoms with Crippen molar-refractivity contribution in [1.82, 2.24) is 19.7 Å². The van der Waals surface area contributed by atoms with Gasteiger partial charge in [-0.2, -0.15) is 0 Å². The summed E-state index contributed by atoms with van der Waals surface area (Å²) in [5, 5.41) is 8.99. The van der Waals surface area contributed by atoms with Crippen molar-refractivity contribution in [3.8, 4) is 11.4 Å². The molecule has 162 valence electrons. The van der Waals surface area contributed by atoms with E-state index in [-0.39, 0.29) is 5.91 Å². The Balaban J connectivity index is 1.34. The zero-order valence-corrected chi connectivity index (χ0v) is 18.9. The molecule has 1 aromatic heterocycles. The minimum Gasteiger partial charge on any atom is -0.495 e. The molecule has 2 heterocycles. The molecular weight excluding hydrogens is 410 g/mol. The Morgan fingerprint density at radius 3 is 2.58 bits per heavy atom. The Kier molecular flexibility index (Phi) is 6.46. The van der Waals surface area contributed by atoms with Gasteiger partial charge in [0.05, 0.1) is 18.6 Å². The fraction of sp³-hybridized carbons (Fsp3) is 0.348. The van der Waals surface area contributed by atoms with E-state index in [2.05, 4.69) is 53.2 Å². The van der Waals surface area contributed by atoms with E-state index >= 15 is 0 Å². The van der Waals surface area contributed by atoms with Crippen LogP contribution < -0.4 is 9.64 Å². The molecule has 0 bridgehead atoms. The number of rotatable bonds is 6. The number of anilines is 1. The van der Waals surface area contributed by atoms with Crippen LogP contribution in [0.3, 0.4) is 0 Å². The monoisotopic (exact) mass is 437 g/mol. The molecule has 1 saturated heterocycles. The molecule has 0 aliphatic carbocycles. The molecular formula is C23H27N5O2S. The first-order chi connectivity index (χ1) is 15.1. The molecule has 1 amide bonds. The number of aromatic nitrogens is 3. The largest absolute Gasteiger partial charge is 0.495 e. The molecule has 0 saturated carbocycles. The Morgan fingerprint density at radius 2 is 1.84 bits per heavy atom. The number of piperazine rings is 1. The lowest BCUT2D eigenvalue weighted by Gasteiger charge is -2.36. The molecule has 0 atom stereocenters. The average molecular weight is 438 g/mol. The summed E-state index contributed by atoms with van der Waals surface area (Å²) in [5.41, 5.74) is 4.54. The van der Waals surface area contributed by atoms with Gasteiger partial charge in [0.15, 0.2) is 5.16 Å². The van der Waals surface area contributed by atoms with Crippen molar-refractivity contribution in [2.75, 3.05) is 43.9 Å². The fourth-order valence-electron chi connectivity index (χ4n) is 3.68. The third-order valence-electron chi connectivity index (χ3n) is 5.67. The second-order valence-corrected chi connectivity index (χ2v) is 8.52. The predicted molar refractivity (Wildman–Crippen MR) is 123 cm³/mol. The Labute approximate surface area is 187 Å². The van der Waals surface area contributed by atoms with Gasteiger partial charge in [-0.1, -0.05) is 30.0 Å². The number of para-hydroxylation sites is 2. The van der Waals surface area contributed by atoms with E-state index in [1.807, 2.05) is 27.7 Å². The number of methoxy groups -OCH3 is 1. The molecule has 31 heavy (non-hydrogen) atoms. The van der Waals surface area contributed by atoms with E-state index in [1.54, 1.807) is 13.4 Å². The van der Waals surface area contributed by atoms with Crippen LogP contribution in [0.2, 0.25) is 0 Å². The standard InChI is InChI=1S/C23H27N5O2S/c1-17-8-9-19(14-18(17)2)28-16-24-25-23(28)31-15-22(29)27-12-10-26(11-13-27)20-6-4-5-7-21(20)30-3/h4-9,14,16H,10-13,15H2,1-3H3. The lowest BCUT2D eigenvalue weighted by molar-refractivity contribution is -0.128. The molecule has 1 aliphatic rings. The zero-order chi connectivity index (χ0) is 21.8. The van der Waals surface area contributed by atoms with Crippen LogP contribution in [0.25, 0.3) is 5.69 Å². The number of aryl methyl sites for hydroxylation is 2. The summed E-state index contributed by atoms with van der Waals surface area (Å²) in [5.74, 6) is 1.33. The van der Waals surface area contributed by atoms with Crippen LogP contribution in [0, 0.1) is 13.8 Å². The number of benzene rings is 2. The summed E-state index contributed by atoms with van der Waals surface area (Å²) in [4.78, 5) is 17.0. The number of hydrogen-bond donors (Lipinski definition) is 0. The quantitative estimate of drug-likeness (QED) is 0.551. The maximum atomic E-state index is 12.8. The highest BCUT2D eigenvalue weighted by molar-refractivity contribution is 7.99. The third-order valence-corrected chi connectivity index (χ3v) is 6.60. The van der Waals surface area contributed by atoms with Gasteiger partial charge < -0.3 is 14.5 Å². The van der Waals surface area contributed by atoms with E-state index in [0.717, 1.165) is 35.4 Å². The van der Waals surface area contributed by atoms with Crippen molar-refractivity contribution in [3.05, 3.63) is 59.9 Å². The molecule has 4 rings (SSSR count). The molecule has 0 radical (unpaired) electrons. The number of thioether (sulfide) groups is 1. The summed E-state index contributed by atoms with van der Waals surface area (Å²) >= 11 is 1.43. The van der Waals surface area contributed by atoms with Gasteiger partial charge >= 0.3 is 0 Å². The number of carbonyl (C=O) groups is 1. The van der Waals surface area contributed by atoms with Gasteiger partial charge in [-0.05, 0) is 49.2 Å². The van der Waals surface area contributed by atoms with E-state index in [1.165, 1.54) is 22.9 Å². The lowest BCUT2D eigenvalue weighted by atomic mass is 10.1. The van der Waals surface area contributed by atoms with Gasteiger partial charge in [-0.3, -0.25) is 9.36 Å². The highest BCUT2D eigenvalue weighted by Gasteiger charge is 2.23. The van der Waals surface area contributed by atoms with Crippen molar-refractivity contribution >= 4 is 23.4 Å². The number of carbonyl (C=O) groups excluding carboxylic acids is 1. The van der Waals surface area contributed by atoms with Gasteiger partial charge in [-0.25, -0.2) is 0 Å². The number of hydrogen-bond acceptors (Lipinski definition) is 6. The van der Waals surface area contributed by atoms with E-state index in [0.29, 0.717) is 18.8 Å². The van der Waals surface area contributed by atoms with Crippen LogP contribution in [0.4, 0.5) is 5.69 Å². The van der Waals surface area contributed by atoms with Gasteiger partial charge in [0, 0.05) is 31.9 Å². The molecule has 7 nitrogen and oxygen atoms in total. The molecule has 1 fully saturated rings. The molecule has 2 aromatic carbocycles. The van der Waals surface area contributed by atoms with Crippen molar-refractivity contribution in [2.45, 2.75) is 19.0 Å². The van der Waals surface area contributed by atoms with Crippen LogP contribution in [-0.4, -0.2) is 64.6 Å². The van der Waals surface area contributed by atoms with Crippen LogP contribution in [0.1, 0.15) is 11.1 Å². The second-order valence-electron chi connectivity index (χ2n) is 7.58. The van der Waals surface area contributed by atoms with Crippen LogP contribution in [0.15, 0.2) is 53.9 Å². The number of nitrogens with zero attached hydrogens (tertiary/aromatic N) is 5. The molecule has 3 aromatic rings. The highest BCUT2D eigenvalue weighted by atomic mass is 32.2. The third kappa shape index (κ3) is 4.69. The normalized spacial score (nSPS) is 14.0.